The van der Waals surface area contributed by atoms with Gasteiger partial charge in [0.2, 0.25) is 0 Å². The van der Waals surface area contributed by atoms with Crippen LogP contribution in [0, 0.1) is 18.8 Å². The number of anilines is 2. The number of allylic oxidation sites excluding steroid dienone is 9. The first-order chi connectivity index (χ1) is 17.6. The van der Waals surface area contributed by atoms with E-state index in [0.29, 0.717) is 23.8 Å². The molecular weight excluding hydrogens is 434 g/mol. The quantitative estimate of drug-likeness (QED) is 0.418. The molecule has 1 saturated carbocycles. The summed E-state index contributed by atoms with van der Waals surface area (Å²) in [7, 11) is 0. The predicted molar refractivity (Wildman–Crippen MR) is 155 cm³/mol. The average Bonchev–Trinajstić information content (AvgIpc) is 3.50. The Morgan fingerprint density at radius 2 is 1.83 bits per heavy atom. The van der Waals surface area contributed by atoms with Gasteiger partial charge in [-0.2, -0.15) is 0 Å². The zero-order chi connectivity index (χ0) is 24.6. The molecule has 1 nitrogen and oxygen atoms in total. The highest BCUT2D eigenvalue weighted by molar-refractivity contribution is 5.76. The Morgan fingerprint density at radius 3 is 2.56 bits per heavy atom. The van der Waals surface area contributed by atoms with Crippen LogP contribution in [-0.2, 0) is 0 Å². The lowest BCUT2D eigenvalue weighted by atomic mass is 9.81. The zero-order valence-electron chi connectivity index (χ0n) is 22.1. The second-order valence-corrected chi connectivity index (χ2v) is 11.5. The summed E-state index contributed by atoms with van der Waals surface area (Å²) >= 11 is 0. The van der Waals surface area contributed by atoms with Crippen molar-refractivity contribution < 1.29 is 0 Å². The van der Waals surface area contributed by atoms with Crippen molar-refractivity contribution in [3.63, 3.8) is 0 Å². The summed E-state index contributed by atoms with van der Waals surface area (Å²) in [4.78, 5) is 2.64. The van der Waals surface area contributed by atoms with Crippen molar-refractivity contribution in [3.8, 4) is 0 Å². The van der Waals surface area contributed by atoms with Crippen LogP contribution >= 0.6 is 0 Å². The molecule has 0 radical (unpaired) electrons. The van der Waals surface area contributed by atoms with Crippen molar-refractivity contribution in [1.29, 1.82) is 0 Å². The third kappa shape index (κ3) is 4.34. The van der Waals surface area contributed by atoms with Crippen LogP contribution in [0.1, 0.15) is 75.0 Å². The van der Waals surface area contributed by atoms with Gasteiger partial charge < -0.3 is 4.90 Å². The summed E-state index contributed by atoms with van der Waals surface area (Å²) in [6.45, 7) is 6.81. The van der Waals surface area contributed by atoms with E-state index in [9.17, 15) is 0 Å². The van der Waals surface area contributed by atoms with Crippen molar-refractivity contribution >= 4 is 17.5 Å². The third-order valence-electron chi connectivity index (χ3n) is 8.83. The molecule has 4 aliphatic rings. The van der Waals surface area contributed by atoms with Gasteiger partial charge in [0, 0.05) is 29.3 Å². The molecule has 1 heterocycles. The van der Waals surface area contributed by atoms with Gasteiger partial charge in [-0.05, 0) is 91.5 Å². The van der Waals surface area contributed by atoms with Gasteiger partial charge in [-0.1, -0.05) is 92.1 Å². The van der Waals surface area contributed by atoms with Crippen molar-refractivity contribution in [3.05, 3.63) is 112 Å². The largest absolute Gasteiger partial charge is 0.338 e. The molecule has 1 fully saturated rings. The zero-order valence-corrected chi connectivity index (χ0v) is 22.1. The summed E-state index contributed by atoms with van der Waals surface area (Å²) in [5.41, 5.74) is 11.6. The van der Waals surface area contributed by atoms with Gasteiger partial charge in [0.1, 0.15) is 0 Å². The molecule has 1 heteroatoms. The lowest BCUT2D eigenvalue weighted by Gasteiger charge is -2.27. The fourth-order valence-corrected chi connectivity index (χ4v) is 6.81. The van der Waals surface area contributed by atoms with E-state index in [2.05, 4.69) is 111 Å². The van der Waals surface area contributed by atoms with E-state index < -0.39 is 0 Å². The third-order valence-corrected chi connectivity index (χ3v) is 8.83. The number of benzene rings is 2. The Hall–Kier alpha value is -3.06. The number of fused-ring (bicyclic) bond motifs is 3. The molecule has 2 aromatic carbocycles. The van der Waals surface area contributed by atoms with E-state index in [1.165, 1.54) is 59.3 Å². The topological polar surface area (TPSA) is 3.24 Å². The highest BCUT2D eigenvalue weighted by Gasteiger charge is 2.42. The Kier molecular flexibility index (Phi) is 6.34. The molecule has 0 aromatic heterocycles. The lowest BCUT2D eigenvalue weighted by Crippen LogP contribution is -2.26. The van der Waals surface area contributed by atoms with Gasteiger partial charge in [0.25, 0.3) is 0 Å². The van der Waals surface area contributed by atoms with Crippen LogP contribution in [0.5, 0.6) is 0 Å². The lowest BCUT2D eigenvalue weighted by molar-refractivity contribution is 0.642. The first-order valence-corrected chi connectivity index (χ1v) is 14.0. The molecule has 1 aliphatic heterocycles. The van der Waals surface area contributed by atoms with E-state index in [-0.39, 0.29) is 0 Å². The van der Waals surface area contributed by atoms with E-state index in [1.54, 1.807) is 11.1 Å². The highest BCUT2D eigenvalue weighted by atomic mass is 15.2. The Bertz CT molecular complexity index is 1280. The maximum Gasteiger partial charge on any atom is 0.0450 e. The molecule has 2 aromatic rings. The Balaban J connectivity index is 1.39. The molecule has 3 unspecified atom stereocenters. The van der Waals surface area contributed by atoms with Crippen molar-refractivity contribution in [1.82, 2.24) is 0 Å². The van der Waals surface area contributed by atoms with E-state index in [0.717, 1.165) is 12.8 Å². The molecule has 3 atom stereocenters. The Labute approximate surface area is 217 Å². The number of aryl methyl sites for hydroxylation is 1. The molecule has 6 rings (SSSR count). The van der Waals surface area contributed by atoms with E-state index >= 15 is 0 Å². The average molecular weight is 474 g/mol. The van der Waals surface area contributed by atoms with Crippen LogP contribution < -0.4 is 4.90 Å². The smallest absolute Gasteiger partial charge is 0.0450 e. The molecule has 36 heavy (non-hydrogen) atoms. The molecule has 0 bridgehead atoms. The first-order valence-electron chi connectivity index (χ1n) is 14.0. The minimum atomic E-state index is 0.465. The van der Waals surface area contributed by atoms with Gasteiger partial charge in [-0.15, -0.1) is 0 Å². The number of nitrogens with zero attached hydrogens (tertiary/aromatic N) is 1. The molecule has 0 N–H and O–H groups in total. The van der Waals surface area contributed by atoms with Gasteiger partial charge in [-0.3, -0.25) is 0 Å². The fourth-order valence-electron chi connectivity index (χ4n) is 6.81. The molecule has 0 amide bonds. The second kappa shape index (κ2) is 9.77. The van der Waals surface area contributed by atoms with Crippen LogP contribution in [-0.4, -0.2) is 6.04 Å². The van der Waals surface area contributed by atoms with Crippen LogP contribution in [0.15, 0.2) is 95.6 Å². The molecule has 0 saturated heterocycles. The van der Waals surface area contributed by atoms with E-state index in [4.69, 9.17) is 0 Å². The minimum absolute atomic E-state index is 0.465. The summed E-state index contributed by atoms with van der Waals surface area (Å²) in [5.74, 6) is 1.76. The van der Waals surface area contributed by atoms with Gasteiger partial charge in [-0.25, -0.2) is 0 Å². The fraction of sp³-hybridized carbons (Fsp3) is 0.371. The van der Waals surface area contributed by atoms with Crippen molar-refractivity contribution in [2.45, 2.75) is 71.3 Å². The summed E-state index contributed by atoms with van der Waals surface area (Å²) in [6, 6.07) is 17.0. The standard InChI is InChI=1S/C35H39N/c1-24(2)27-15-17-29(18-16-27)32(28-8-5-4-6-9-28)22-26-14-21-35-33(23-26)31-10-7-11-34(31)36(35)30-19-12-25(3)13-20-30/h4-6,8,12-15,17,19-24,28,31,34H,7,9-11,16,18H2,1-3H3. The first kappa shape index (κ1) is 23.3. The number of rotatable bonds is 5. The van der Waals surface area contributed by atoms with Crippen LogP contribution in [0.4, 0.5) is 11.4 Å². The second-order valence-electron chi connectivity index (χ2n) is 11.5. The van der Waals surface area contributed by atoms with Gasteiger partial charge >= 0.3 is 0 Å². The van der Waals surface area contributed by atoms with Crippen molar-refractivity contribution in [2.75, 3.05) is 4.90 Å². The highest BCUT2D eigenvalue weighted by Crippen LogP contribution is 2.52. The normalized spacial score (nSPS) is 25.2. The monoisotopic (exact) mass is 473 g/mol. The van der Waals surface area contributed by atoms with Crippen molar-refractivity contribution in [2.24, 2.45) is 11.8 Å². The molecular formula is C35H39N. The van der Waals surface area contributed by atoms with Crippen LogP contribution in [0.25, 0.3) is 6.08 Å². The van der Waals surface area contributed by atoms with Gasteiger partial charge in [0.05, 0.1) is 0 Å². The van der Waals surface area contributed by atoms with Gasteiger partial charge in [0.15, 0.2) is 0 Å². The number of hydrogen-bond donors (Lipinski definition) is 0. The summed E-state index contributed by atoms with van der Waals surface area (Å²) in [6.07, 6.45) is 23.8. The molecule has 3 aliphatic carbocycles. The summed E-state index contributed by atoms with van der Waals surface area (Å²) in [5, 5.41) is 0. The molecule has 184 valence electrons. The Morgan fingerprint density at radius 1 is 0.972 bits per heavy atom. The maximum atomic E-state index is 2.64. The minimum Gasteiger partial charge on any atom is -0.338 e. The predicted octanol–water partition coefficient (Wildman–Crippen LogP) is 9.60. The molecule has 0 spiro atoms. The number of hydrogen-bond acceptors (Lipinski definition) is 1. The van der Waals surface area contributed by atoms with Crippen LogP contribution in [0.2, 0.25) is 0 Å². The summed E-state index contributed by atoms with van der Waals surface area (Å²) < 4.78 is 0. The van der Waals surface area contributed by atoms with Crippen LogP contribution in [0.3, 0.4) is 0 Å². The SMILES string of the molecule is Cc1ccc(N2c3ccc(C=C(C4=CC=C(C(C)C)CC4)C4C=CC=CC4)cc3C3CCCC32)cc1. The maximum absolute atomic E-state index is 2.64. The van der Waals surface area contributed by atoms with E-state index in [1.807, 2.05) is 0 Å².